The van der Waals surface area contributed by atoms with Crippen molar-refractivity contribution >= 4 is 29.1 Å². The lowest BCUT2D eigenvalue weighted by molar-refractivity contribution is -0.389. The Bertz CT molecular complexity index is 1060. The molecule has 152 valence electrons. The van der Waals surface area contributed by atoms with E-state index in [1.54, 1.807) is 17.7 Å². The minimum Gasteiger partial charge on any atom is -0.358 e. The first-order valence-electron chi connectivity index (χ1n) is 9.09. The van der Waals surface area contributed by atoms with E-state index >= 15 is 0 Å². The third-order valence-corrected chi connectivity index (χ3v) is 4.96. The highest BCUT2D eigenvalue weighted by molar-refractivity contribution is 6.31. The fourth-order valence-corrected chi connectivity index (χ4v) is 3.27. The first kappa shape index (κ1) is 20.5. The number of aromatic nitrogens is 4. The molecule has 3 aromatic rings. The lowest BCUT2D eigenvalue weighted by atomic mass is 10.2. The number of halogens is 1. The number of aryl methyl sites for hydroxylation is 2. The van der Waals surface area contributed by atoms with Gasteiger partial charge in [-0.1, -0.05) is 36.7 Å². The van der Waals surface area contributed by atoms with Crippen molar-refractivity contribution in [1.82, 2.24) is 19.6 Å². The fourth-order valence-electron chi connectivity index (χ4n) is 3.07. The lowest BCUT2D eigenvalue weighted by Gasteiger charge is -2.13. The van der Waals surface area contributed by atoms with Crippen LogP contribution in [0.4, 0.5) is 11.6 Å². The molecule has 1 amide bonds. The molecule has 2 heterocycles. The van der Waals surface area contributed by atoms with Gasteiger partial charge < -0.3 is 15.4 Å². The van der Waals surface area contributed by atoms with Crippen molar-refractivity contribution in [3.63, 3.8) is 0 Å². The highest BCUT2D eigenvalue weighted by Gasteiger charge is 2.27. The quantitative estimate of drug-likeness (QED) is 0.464. The van der Waals surface area contributed by atoms with Crippen LogP contribution in [0.25, 0.3) is 0 Å². The molecule has 0 radical (unpaired) electrons. The van der Waals surface area contributed by atoms with E-state index in [-0.39, 0.29) is 11.7 Å². The van der Waals surface area contributed by atoms with Gasteiger partial charge in [-0.2, -0.15) is 9.78 Å². The Morgan fingerprint density at radius 1 is 1.24 bits per heavy atom. The van der Waals surface area contributed by atoms with Crippen molar-refractivity contribution in [2.24, 2.45) is 0 Å². The molecule has 0 bridgehead atoms. The van der Waals surface area contributed by atoms with Crippen LogP contribution in [-0.4, -0.2) is 30.4 Å². The smallest absolute Gasteiger partial charge is 0.358 e. The Labute approximate surface area is 172 Å². The largest absolute Gasteiger partial charge is 0.390 e. The Morgan fingerprint density at radius 3 is 2.59 bits per heavy atom. The van der Waals surface area contributed by atoms with Gasteiger partial charge in [-0.05, 0) is 36.8 Å². The van der Waals surface area contributed by atoms with E-state index in [9.17, 15) is 14.9 Å². The summed E-state index contributed by atoms with van der Waals surface area (Å²) in [4.78, 5) is 23.2. The number of nitrogens with one attached hydrogen (secondary N) is 1. The molecule has 0 aliphatic carbocycles. The number of amides is 1. The monoisotopic (exact) mass is 416 g/mol. The van der Waals surface area contributed by atoms with Crippen LogP contribution in [0.2, 0.25) is 5.02 Å². The van der Waals surface area contributed by atoms with Crippen LogP contribution in [0.1, 0.15) is 36.3 Å². The van der Waals surface area contributed by atoms with Gasteiger partial charge in [0.1, 0.15) is 0 Å². The molecule has 2 aromatic heterocycles. The maximum atomic E-state index is 12.8. The normalized spacial score (nSPS) is 12.0. The summed E-state index contributed by atoms with van der Waals surface area (Å²) in [5.41, 5.74) is 2.32. The number of rotatable bonds is 7. The Kier molecular flexibility index (Phi) is 5.97. The van der Waals surface area contributed by atoms with Gasteiger partial charge >= 0.3 is 5.82 Å². The predicted octanol–water partition coefficient (Wildman–Crippen LogP) is 3.90. The molecule has 1 aromatic carbocycles. The number of benzene rings is 1. The van der Waals surface area contributed by atoms with Crippen LogP contribution < -0.4 is 5.32 Å². The van der Waals surface area contributed by atoms with E-state index in [2.05, 4.69) is 15.5 Å². The number of nitrogens with zero attached hydrogens (tertiary/aromatic N) is 5. The molecule has 0 fully saturated rings. The van der Waals surface area contributed by atoms with Crippen LogP contribution in [-0.2, 0) is 11.3 Å². The van der Waals surface area contributed by atoms with Crippen LogP contribution in [0.3, 0.4) is 0 Å². The SMILES string of the molecule is CCC(C(=O)Nc1cc(C)n(Cc2ccccc2Cl)n1)n1nc([N+](=O)[O-])cc1C. The molecule has 0 saturated heterocycles. The van der Waals surface area contributed by atoms with Crippen molar-refractivity contribution in [3.05, 3.63) is 68.5 Å². The minimum absolute atomic E-state index is 0.284. The van der Waals surface area contributed by atoms with Gasteiger partial charge in [0.05, 0.1) is 23.4 Å². The molecule has 0 spiro atoms. The van der Waals surface area contributed by atoms with Gasteiger partial charge in [0.2, 0.25) is 0 Å². The summed E-state index contributed by atoms with van der Waals surface area (Å²) in [6.07, 6.45) is 0.421. The number of carbonyl (C=O) groups excluding carboxylic acids is 1. The van der Waals surface area contributed by atoms with E-state index in [1.165, 1.54) is 10.7 Å². The third kappa shape index (κ3) is 4.45. The fraction of sp³-hybridized carbons (Fsp3) is 0.316. The summed E-state index contributed by atoms with van der Waals surface area (Å²) < 4.78 is 3.13. The summed E-state index contributed by atoms with van der Waals surface area (Å²) >= 11 is 6.22. The number of hydrogen-bond donors (Lipinski definition) is 1. The molecule has 0 aliphatic heterocycles. The van der Waals surface area contributed by atoms with Gasteiger partial charge in [0.25, 0.3) is 5.91 Å². The number of anilines is 1. The van der Waals surface area contributed by atoms with Crippen molar-refractivity contribution < 1.29 is 9.72 Å². The van der Waals surface area contributed by atoms with Gasteiger partial charge in [-0.3, -0.25) is 9.48 Å². The average Bonchev–Trinajstić information content (AvgIpc) is 3.21. The van der Waals surface area contributed by atoms with Crippen LogP contribution >= 0.6 is 11.6 Å². The summed E-state index contributed by atoms with van der Waals surface area (Å²) in [7, 11) is 0. The summed E-state index contributed by atoms with van der Waals surface area (Å²) in [6, 6.07) is 9.92. The summed E-state index contributed by atoms with van der Waals surface area (Å²) in [5.74, 6) is -0.220. The Hall–Kier alpha value is -3.20. The molecule has 29 heavy (non-hydrogen) atoms. The molecule has 1 N–H and O–H groups in total. The molecule has 1 unspecified atom stereocenters. The van der Waals surface area contributed by atoms with E-state index in [0.29, 0.717) is 29.5 Å². The first-order valence-corrected chi connectivity index (χ1v) is 9.47. The maximum absolute atomic E-state index is 12.8. The van der Waals surface area contributed by atoms with Crippen molar-refractivity contribution in [1.29, 1.82) is 0 Å². The predicted molar refractivity (Wildman–Crippen MR) is 109 cm³/mol. The average molecular weight is 417 g/mol. The number of carbonyl (C=O) groups is 1. The topological polar surface area (TPSA) is 108 Å². The van der Waals surface area contributed by atoms with Crippen LogP contribution in [0.15, 0.2) is 36.4 Å². The molecular formula is C19H21ClN6O3. The van der Waals surface area contributed by atoms with Gasteiger partial charge in [-0.25, -0.2) is 0 Å². The number of hydrogen-bond acceptors (Lipinski definition) is 5. The highest BCUT2D eigenvalue weighted by Crippen LogP contribution is 2.22. The molecule has 0 saturated carbocycles. The minimum atomic E-state index is -0.683. The first-order chi connectivity index (χ1) is 13.8. The Balaban J connectivity index is 1.78. The van der Waals surface area contributed by atoms with Crippen LogP contribution in [0, 0.1) is 24.0 Å². The zero-order valence-electron chi connectivity index (χ0n) is 16.3. The third-order valence-electron chi connectivity index (χ3n) is 4.59. The van der Waals surface area contributed by atoms with Gasteiger partial charge in [0.15, 0.2) is 11.9 Å². The zero-order chi connectivity index (χ0) is 21.1. The summed E-state index contributed by atoms with van der Waals surface area (Å²) in [5, 5.41) is 22.8. The molecule has 1 atom stereocenters. The second kappa shape index (κ2) is 8.44. The van der Waals surface area contributed by atoms with Crippen molar-refractivity contribution in [3.8, 4) is 0 Å². The second-order valence-corrected chi connectivity index (χ2v) is 7.09. The maximum Gasteiger partial charge on any atom is 0.390 e. The lowest BCUT2D eigenvalue weighted by Crippen LogP contribution is -2.27. The van der Waals surface area contributed by atoms with E-state index in [0.717, 1.165) is 11.3 Å². The van der Waals surface area contributed by atoms with E-state index < -0.39 is 11.0 Å². The standard InChI is InChI=1S/C19H21ClN6O3/c1-4-16(25-13(3)10-18(23-25)26(28)29)19(27)21-17-9-12(2)24(22-17)11-14-7-5-6-8-15(14)20/h5-10,16H,4,11H2,1-3H3,(H,21,22,27). The van der Waals surface area contributed by atoms with Crippen LogP contribution in [0.5, 0.6) is 0 Å². The zero-order valence-corrected chi connectivity index (χ0v) is 17.1. The molecule has 10 heteroatoms. The number of nitro groups is 1. The molecular weight excluding hydrogens is 396 g/mol. The molecule has 0 aliphatic rings. The Morgan fingerprint density at radius 2 is 1.97 bits per heavy atom. The van der Waals surface area contributed by atoms with Gasteiger partial charge in [0, 0.05) is 16.8 Å². The van der Waals surface area contributed by atoms with E-state index in [4.69, 9.17) is 11.6 Å². The summed E-state index contributed by atoms with van der Waals surface area (Å²) in [6.45, 7) is 5.86. The van der Waals surface area contributed by atoms with Gasteiger partial charge in [-0.15, -0.1) is 0 Å². The highest BCUT2D eigenvalue weighted by atomic mass is 35.5. The van der Waals surface area contributed by atoms with Crippen molar-refractivity contribution in [2.75, 3.05) is 5.32 Å². The van der Waals surface area contributed by atoms with E-state index in [1.807, 2.05) is 38.1 Å². The second-order valence-electron chi connectivity index (χ2n) is 6.68. The molecule has 9 nitrogen and oxygen atoms in total. The van der Waals surface area contributed by atoms with Crippen molar-refractivity contribution in [2.45, 2.75) is 39.8 Å². The molecule has 3 rings (SSSR count).